The van der Waals surface area contributed by atoms with Crippen LogP contribution in [0.4, 0.5) is 0 Å². The molecule has 2 aliphatic carbocycles. The Hall–Kier alpha value is -0.0400. The highest BCUT2D eigenvalue weighted by atomic mass is 15.3. The van der Waals surface area contributed by atoms with Crippen molar-refractivity contribution in [3.63, 3.8) is 0 Å². The minimum absolute atomic E-state index is 0.453. The molecule has 3 aliphatic rings. The second-order valence-corrected chi connectivity index (χ2v) is 7.34. The molecule has 0 N–H and O–H groups in total. The number of hydrogen-bond acceptors (Lipinski definition) is 1. The monoisotopic (exact) mass is 207 g/mol. The SMILES string of the molecule is CN1CC2(CC2)C2CCCC21C(C)(C)C. The fourth-order valence-electron chi connectivity index (χ4n) is 5.12. The van der Waals surface area contributed by atoms with Crippen LogP contribution in [0.3, 0.4) is 0 Å². The molecular weight excluding hydrogens is 182 g/mol. The number of fused-ring (bicyclic) bond motifs is 2. The molecule has 3 rings (SSSR count). The van der Waals surface area contributed by atoms with Crippen molar-refractivity contribution < 1.29 is 0 Å². The quantitative estimate of drug-likeness (QED) is 0.589. The van der Waals surface area contributed by atoms with E-state index >= 15 is 0 Å². The summed E-state index contributed by atoms with van der Waals surface area (Å²) < 4.78 is 0. The predicted octanol–water partition coefficient (Wildman–Crippen LogP) is 3.30. The van der Waals surface area contributed by atoms with Gasteiger partial charge >= 0.3 is 0 Å². The van der Waals surface area contributed by atoms with Gasteiger partial charge in [0.1, 0.15) is 0 Å². The standard InChI is InChI=1S/C14H25N/c1-12(2,3)14-7-5-6-11(14)13(8-9-13)10-15(14)4/h11H,5-10H2,1-4H3. The summed E-state index contributed by atoms with van der Waals surface area (Å²) in [6, 6.07) is 0. The van der Waals surface area contributed by atoms with Gasteiger partial charge in [0.2, 0.25) is 0 Å². The van der Waals surface area contributed by atoms with Gasteiger partial charge in [0.05, 0.1) is 0 Å². The number of hydrogen-bond donors (Lipinski definition) is 0. The highest BCUT2D eigenvalue weighted by Gasteiger charge is 2.69. The van der Waals surface area contributed by atoms with Crippen molar-refractivity contribution in [1.82, 2.24) is 4.90 Å². The van der Waals surface area contributed by atoms with Gasteiger partial charge in [-0.25, -0.2) is 0 Å². The minimum Gasteiger partial charge on any atom is -0.299 e. The highest BCUT2D eigenvalue weighted by Crippen LogP contribution is 2.69. The summed E-state index contributed by atoms with van der Waals surface area (Å²) in [5.74, 6) is 1.01. The molecule has 1 spiro atoms. The molecule has 3 fully saturated rings. The lowest BCUT2D eigenvalue weighted by atomic mass is 9.65. The van der Waals surface area contributed by atoms with Crippen LogP contribution in [0.5, 0.6) is 0 Å². The molecule has 86 valence electrons. The molecule has 2 saturated carbocycles. The molecule has 0 aromatic rings. The lowest BCUT2D eigenvalue weighted by Gasteiger charge is -2.48. The summed E-state index contributed by atoms with van der Waals surface area (Å²) in [5, 5.41) is 0. The topological polar surface area (TPSA) is 3.24 Å². The van der Waals surface area contributed by atoms with Crippen molar-refractivity contribution >= 4 is 0 Å². The van der Waals surface area contributed by atoms with Crippen LogP contribution in [0.1, 0.15) is 52.9 Å². The van der Waals surface area contributed by atoms with Crippen molar-refractivity contribution in [2.45, 2.75) is 58.4 Å². The summed E-state index contributed by atoms with van der Waals surface area (Å²) in [7, 11) is 2.39. The third-order valence-corrected chi connectivity index (χ3v) is 5.79. The van der Waals surface area contributed by atoms with Crippen molar-refractivity contribution in [2.24, 2.45) is 16.7 Å². The van der Waals surface area contributed by atoms with E-state index in [1.165, 1.54) is 38.6 Å². The number of likely N-dealkylation sites (tertiary alicyclic amines) is 1. The molecule has 15 heavy (non-hydrogen) atoms. The first kappa shape index (κ1) is 10.1. The predicted molar refractivity (Wildman–Crippen MR) is 63.8 cm³/mol. The number of rotatable bonds is 0. The zero-order valence-electron chi connectivity index (χ0n) is 10.8. The zero-order chi connectivity index (χ0) is 10.9. The van der Waals surface area contributed by atoms with E-state index in [-0.39, 0.29) is 0 Å². The third-order valence-electron chi connectivity index (χ3n) is 5.79. The van der Waals surface area contributed by atoms with Crippen molar-refractivity contribution in [2.75, 3.05) is 13.6 Å². The minimum atomic E-state index is 0.453. The fourth-order valence-corrected chi connectivity index (χ4v) is 5.12. The molecule has 0 aromatic carbocycles. The number of nitrogens with zero attached hydrogens (tertiary/aromatic N) is 1. The third kappa shape index (κ3) is 1.03. The second-order valence-electron chi connectivity index (χ2n) is 7.34. The Morgan fingerprint density at radius 2 is 1.80 bits per heavy atom. The van der Waals surface area contributed by atoms with E-state index in [0.29, 0.717) is 11.0 Å². The second kappa shape index (κ2) is 2.61. The van der Waals surface area contributed by atoms with Crippen LogP contribution >= 0.6 is 0 Å². The summed E-state index contributed by atoms with van der Waals surface area (Å²) in [5.41, 5.74) is 1.75. The van der Waals surface area contributed by atoms with Crippen LogP contribution in [0.25, 0.3) is 0 Å². The van der Waals surface area contributed by atoms with Crippen LogP contribution in [0.2, 0.25) is 0 Å². The first-order chi connectivity index (χ1) is 6.92. The molecule has 0 radical (unpaired) electrons. The van der Waals surface area contributed by atoms with E-state index in [0.717, 1.165) is 11.3 Å². The molecule has 0 aromatic heterocycles. The first-order valence-electron chi connectivity index (χ1n) is 6.64. The maximum atomic E-state index is 2.73. The summed E-state index contributed by atoms with van der Waals surface area (Å²) in [6.45, 7) is 8.77. The Labute approximate surface area is 94.2 Å². The average Bonchev–Trinajstić information content (AvgIpc) is 2.66. The van der Waals surface area contributed by atoms with Gasteiger partial charge in [0, 0.05) is 12.1 Å². The molecule has 1 heteroatoms. The van der Waals surface area contributed by atoms with E-state index in [9.17, 15) is 0 Å². The van der Waals surface area contributed by atoms with Gasteiger partial charge in [0.15, 0.2) is 0 Å². The van der Waals surface area contributed by atoms with E-state index in [1.807, 2.05) is 0 Å². The van der Waals surface area contributed by atoms with Crippen LogP contribution in [0.15, 0.2) is 0 Å². The zero-order valence-corrected chi connectivity index (χ0v) is 10.8. The molecule has 1 heterocycles. The molecule has 2 atom stereocenters. The largest absolute Gasteiger partial charge is 0.299 e. The van der Waals surface area contributed by atoms with Gasteiger partial charge in [-0.05, 0) is 49.5 Å². The van der Waals surface area contributed by atoms with Crippen molar-refractivity contribution in [3.8, 4) is 0 Å². The molecule has 0 amide bonds. The van der Waals surface area contributed by atoms with Crippen LogP contribution < -0.4 is 0 Å². The molecule has 2 unspecified atom stereocenters. The Kier molecular flexibility index (Phi) is 1.77. The summed E-state index contributed by atoms with van der Waals surface area (Å²) in [6.07, 6.45) is 7.44. The van der Waals surface area contributed by atoms with Crippen LogP contribution in [-0.2, 0) is 0 Å². The maximum absolute atomic E-state index is 2.73. The van der Waals surface area contributed by atoms with Gasteiger partial charge in [-0.1, -0.05) is 27.2 Å². The lowest BCUT2D eigenvalue weighted by Crippen LogP contribution is -2.53. The molecule has 0 bridgehead atoms. The summed E-state index contributed by atoms with van der Waals surface area (Å²) in [4.78, 5) is 2.73. The van der Waals surface area contributed by atoms with Gasteiger partial charge in [-0.3, -0.25) is 4.90 Å². The normalized spacial score (nSPS) is 43.6. The van der Waals surface area contributed by atoms with Crippen LogP contribution in [0, 0.1) is 16.7 Å². The maximum Gasteiger partial charge on any atom is 0.0288 e. The molecule has 1 aliphatic heterocycles. The molecule has 1 nitrogen and oxygen atoms in total. The molecule has 1 saturated heterocycles. The van der Waals surface area contributed by atoms with Crippen molar-refractivity contribution in [3.05, 3.63) is 0 Å². The van der Waals surface area contributed by atoms with E-state index in [4.69, 9.17) is 0 Å². The Morgan fingerprint density at radius 3 is 2.33 bits per heavy atom. The van der Waals surface area contributed by atoms with Gasteiger partial charge in [-0.15, -0.1) is 0 Å². The van der Waals surface area contributed by atoms with E-state index in [1.54, 1.807) is 0 Å². The fraction of sp³-hybridized carbons (Fsp3) is 1.00. The Morgan fingerprint density at radius 1 is 1.13 bits per heavy atom. The highest BCUT2D eigenvalue weighted by molar-refractivity contribution is 5.21. The average molecular weight is 207 g/mol. The van der Waals surface area contributed by atoms with Crippen LogP contribution in [-0.4, -0.2) is 24.0 Å². The van der Waals surface area contributed by atoms with Gasteiger partial charge in [0.25, 0.3) is 0 Å². The smallest absolute Gasteiger partial charge is 0.0288 e. The summed E-state index contributed by atoms with van der Waals surface area (Å²) >= 11 is 0. The molecular formula is C14H25N. The Balaban J connectivity index is 2.05. The van der Waals surface area contributed by atoms with Crippen molar-refractivity contribution in [1.29, 1.82) is 0 Å². The lowest BCUT2D eigenvalue weighted by molar-refractivity contribution is 0.0251. The van der Waals surface area contributed by atoms with Gasteiger partial charge in [-0.2, -0.15) is 0 Å². The van der Waals surface area contributed by atoms with E-state index < -0.39 is 0 Å². The first-order valence-corrected chi connectivity index (χ1v) is 6.64. The van der Waals surface area contributed by atoms with Gasteiger partial charge < -0.3 is 0 Å². The van der Waals surface area contributed by atoms with E-state index in [2.05, 4.69) is 32.7 Å². The Bertz CT molecular complexity index is 284.